The van der Waals surface area contributed by atoms with Crippen LogP contribution in [0.3, 0.4) is 0 Å². The Morgan fingerprint density at radius 3 is 0.431 bits per heavy atom. The predicted molar refractivity (Wildman–Crippen MR) is 288 cm³/mol. The third-order valence-corrected chi connectivity index (χ3v) is 6.42. The van der Waals surface area contributed by atoms with Gasteiger partial charge in [-0.1, -0.05) is 48.2 Å². The van der Waals surface area contributed by atoms with E-state index in [1.165, 1.54) is 23.6 Å². The molecule has 0 aromatic heterocycles. The lowest BCUT2D eigenvalue weighted by Gasteiger charge is -2.19. The van der Waals surface area contributed by atoms with Gasteiger partial charge in [0.2, 0.25) is 0 Å². The molecule has 1 aliphatic rings. The van der Waals surface area contributed by atoms with E-state index < -0.39 is 0 Å². The maximum atomic E-state index is 2.63. The Bertz CT molecular complexity index is 4280. The molecule has 0 saturated carbocycles. The topological polar surface area (TPSA) is 0 Å². The van der Waals surface area contributed by atoms with Crippen molar-refractivity contribution < 1.29 is 0 Å². The molecule has 2 aromatic carbocycles. The number of rotatable bonds is 0. The molecule has 0 fully saturated rings. The monoisotopic (exact) mass is 880 g/mol. The van der Waals surface area contributed by atoms with Crippen LogP contribution in [0.5, 0.6) is 0 Å². The predicted octanol–water partition coefficient (Wildman–Crippen LogP) is 4.06. The number of benzene rings is 2. The third kappa shape index (κ3) is 33.6. The summed E-state index contributed by atoms with van der Waals surface area (Å²) in [6.07, 6.45) is 2.56. The summed E-state index contributed by atoms with van der Waals surface area (Å²) in [7, 11) is 0. The van der Waals surface area contributed by atoms with Gasteiger partial charge in [0.1, 0.15) is 0 Å². The van der Waals surface area contributed by atoms with E-state index >= 15 is 0 Å². The quantitative estimate of drug-likeness (QED) is 0.351. The zero-order valence-corrected chi connectivity index (χ0v) is 37.9. The Morgan fingerprint density at radius 2 is 0.319 bits per heavy atom. The van der Waals surface area contributed by atoms with Gasteiger partial charge in [0.25, 0.3) is 0 Å². The second kappa shape index (κ2) is 43.6. The zero-order valence-electron chi connectivity index (χ0n) is 37.9. The van der Waals surface area contributed by atoms with Gasteiger partial charge in [-0.3, -0.25) is 0 Å². The van der Waals surface area contributed by atoms with Crippen molar-refractivity contribution in [2.75, 3.05) is 0 Å². The van der Waals surface area contributed by atoms with Gasteiger partial charge in [0.05, 0.1) is 0 Å². The van der Waals surface area contributed by atoms with E-state index in [1.54, 1.807) is 25.0 Å². The Labute approximate surface area is 426 Å². The number of hydrogen-bond acceptors (Lipinski definition) is 0. The van der Waals surface area contributed by atoms with Crippen LogP contribution >= 0.6 is 0 Å². The SMILES string of the molecule is CC#CC#CC#CC#CC#CC#CC#CC#CC#CC#CC#CC#CC#CC#CC#CC#CC#CC#CC#CC#CC#CC#CC#CC#CC#CC#CC#CC#CC#CC.c1ccc2cc3c(cc2c1)CC3. The number of aryl methyl sites for hydroxylation is 2. The molecule has 0 heterocycles. The van der Waals surface area contributed by atoms with Crippen molar-refractivity contribution in [2.24, 2.45) is 0 Å². The van der Waals surface area contributed by atoms with Gasteiger partial charge in [-0.2, -0.15) is 0 Å². The van der Waals surface area contributed by atoms with Crippen molar-refractivity contribution >= 4 is 10.8 Å². The van der Waals surface area contributed by atoms with Crippen molar-refractivity contribution in [3.8, 4) is 343 Å². The molecule has 0 nitrogen and oxygen atoms in total. The Morgan fingerprint density at radius 1 is 0.194 bits per heavy atom. The van der Waals surface area contributed by atoms with Gasteiger partial charge in [-0.15, -0.1) is 0 Å². The standard InChI is InChI=1S/C60H6.C12H10/c1-3-5-7-9-11-13-15-17-19-21-23-25-27-29-31-33-35-37-39-41-43-45-47-49-51-53-55-57-59-60-58-56-54-52-50-48-46-44-42-40-38-36-34-32-30-28-26-24-22-20-18-16-14-12-10-8-6-4-2;1-2-4-10-8-12-6-5-11(12)7-9(10)3-1/h1-2H3;1-4,7-8H,5-6H2. The molecule has 0 saturated heterocycles. The maximum Gasteiger partial charge on any atom is 0 e. The second-order valence-corrected chi connectivity index (χ2v) is 11.0. The molecule has 2 aromatic rings. The first-order chi connectivity index (χ1) is 35.8. The van der Waals surface area contributed by atoms with Crippen LogP contribution in [0.4, 0.5) is 0 Å². The molecular weight excluding hydrogens is 865 g/mol. The molecule has 0 bridgehead atoms. The second-order valence-electron chi connectivity index (χ2n) is 11.0. The highest BCUT2D eigenvalue weighted by molar-refractivity contribution is 5.84. The lowest BCUT2D eigenvalue weighted by molar-refractivity contribution is 0.844. The van der Waals surface area contributed by atoms with Crippen LogP contribution in [-0.4, -0.2) is 0 Å². The van der Waals surface area contributed by atoms with Crippen molar-refractivity contribution in [2.45, 2.75) is 26.7 Å². The average molecular weight is 881 g/mol. The smallest absolute Gasteiger partial charge is 0 e. The van der Waals surface area contributed by atoms with E-state index in [0.29, 0.717) is 0 Å². The van der Waals surface area contributed by atoms with Crippen molar-refractivity contribution in [1.29, 1.82) is 0 Å². The molecule has 0 aliphatic heterocycles. The van der Waals surface area contributed by atoms with E-state index in [2.05, 4.69) is 380 Å². The molecule has 3 rings (SSSR count). The summed E-state index contributed by atoms with van der Waals surface area (Å²) >= 11 is 0. The molecule has 0 radical (unpaired) electrons. The van der Waals surface area contributed by atoms with Gasteiger partial charge >= 0.3 is 0 Å². The highest BCUT2D eigenvalue weighted by atomic mass is 14.2. The summed E-state index contributed by atoms with van der Waals surface area (Å²) in [4.78, 5) is 0. The van der Waals surface area contributed by atoms with Crippen LogP contribution in [0.25, 0.3) is 10.8 Å². The molecular formula is C72H16. The molecule has 0 heteroatoms. The molecule has 1 aliphatic carbocycles. The molecule has 0 atom stereocenters. The Hall–Kier alpha value is -14.1. The lowest BCUT2D eigenvalue weighted by atomic mass is 9.86. The fraction of sp³-hybridized carbons (Fsp3) is 0.0556. The molecule has 72 heavy (non-hydrogen) atoms. The van der Waals surface area contributed by atoms with Crippen molar-refractivity contribution in [3.05, 3.63) is 47.5 Å². The minimum Gasteiger partial charge on any atom is -0.0925 e. The number of fused-ring (bicyclic) bond motifs is 2. The van der Waals surface area contributed by atoms with Crippen LogP contribution in [0, 0.1) is 343 Å². The van der Waals surface area contributed by atoms with Gasteiger partial charge in [-0.05, 0) is 143 Å². The summed E-state index contributed by atoms with van der Waals surface area (Å²) < 4.78 is 0. The van der Waals surface area contributed by atoms with E-state index in [0.717, 1.165) is 0 Å². The first kappa shape index (κ1) is 54.1. The van der Waals surface area contributed by atoms with Crippen molar-refractivity contribution in [1.82, 2.24) is 0 Å². The summed E-state index contributed by atoms with van der Waals surface area (Å²) in [6.45, 7) is 3.37. The largest absolute Gasteiger partial charge is 0.0925 e. The zero-order chi connectivity index (χ0) is 51.0. The lowest BCUT2D eigenvalue weighted by Crippen LogP contribution is -2.07. The molecule has 0 unspecified atom stereocenters. The van der Waals surface area contributed by atoms with E-state index in [1.807, 2.05) is 0 Å². The van der Waals surface area contributed by atoms with Crippen molar-refractivity contribution in [3.63, 3.8) is 0 Å². The van der Waals surface area contributed by atoms with Crippen LogP contribution in [0.2, 0.25) is 0 Å². The van der Waals surface area contributed by atoms with Gasteiger partial charge in [0.15, 0.2) is 0 Å². The summed E-state index contributed by atoms with van der Waals surface area (Å²) in [5.74, 6) is 146. The average Bonchev–Trinajstić information content (AvgIpc) is 3.39. The van der Waals surface area contributed by atoms with E-state index in [9.17, 15) is 0 Å². The van der Waals surface area contributed by atoms with Crippen LogP contribution < -0.4 is 0 Å². The third-order valence-electron chi connectivity index (χ3n) is 6.42. The highest BCUT2D eigenvalue weighted by Gasteiger charge is 2.12. The summed E-state index contributed by atoms with van der Waals surface area (Å²) in [5.41, 5.74) is 3.10. The van der Waals surface area contributed by atoms with Gasteiger partial charge < -0.3 is 0 Å². The van der Waals surface area contributed by atoms with Gasteiger partial charge in [0, 0.05) is 237 Å². The van der Waals surface area contributed by atoms with E-state index in [-0.39, 0.29) is 0 Å². The fourth-order valence-electron chi connectivity index (χ4n) is 3.71. The minimum atomic E-state index is 1.28. The molecule has 0 amide bonds. The summed E-state index contributed by atoms with van der Waals surface area (Å²) in [5, 5.41) is 2.77. The normalized spacial score (nSPS) is 5.64. The molecule has 0 N–H and O–H groups in total. The fourth-order valence-corrected chi connectivity index (χ4v) is 3.71. The van der Waals surface area contributed by atoms with Crippen LogP contribution in [0.1, 0.15) is 25.0 Å². The van der Waals surface area contributed by atoms with Crippen LogP contribution in [0.15, 0.2) is 36.4 Å². The number of hydrogen-bond donors (Lipinski definition) is 0. The molecule has 0 spiro atoms. The molecule has 304 valence electrons. The van der Waals surface area contributed by atoms with Crippen LogP contribution in [-0.2, 0) is 12.8 Å². The Balaban J connectivity index is 0.00000125. The van der Waals surface area contributed by atoms with Gasteiger partial charge in [-0.25, -0.2) is 0 Å². The minimum absolute atomic E-state index is 1.28. The maximum absolute atomic E-state index is 2.63. The first-order valence-corrected chi connectivity index (χ1v) is 19.7. The van der Waals surface area contributed by atoms with E-state index in [4.69, 9.17) is 0 Å². The Kier molecular flexibility index (Phi) is 32.7. The first-order valence-electron chi connectivity index (χ1n) is 19.7. The summed E-state index contributed by atoms with van der Waals surface area (Å²) in [6, 6.07) is 13.2. The highest BCUT2D eigenvalue weighted by Crippen LogP contribution is 2.27.